The number of nitrogens with one attached hydrogen (secondary N) is 2. The highest BCUT2D eigenvalue weighted by atomic mass is 32.1. The number of piperidine rings is 1. The third kappa shape index (κ3) is 3.62. The number of rotatable bonds is 5. The Morgan fingerprint density at radius 3 is 2.94 bits per heavy atom. The molecule has 1 aromatic rings. The number of quaternary nitrogens is 1. The summed E-state index contributed by atoms with van der Waals surface area (Å²) in [5.41, 5.74) is 0. The van der Waals surface area contributed by atoms with Crippen LogP contribution in [0.1, 0.15) is 19.3 Å². The monoisotopic (exact) mass is 271 g/mol. The highest BCUT2D eigenvalue weighted by Crippen LogP contribution is 2.13. The van der Waals surface area contributed by atoms with Crippen LogP contribution in [0.4, 0.5) is 5.13 Å². The van der Waals surface area contributed by atoms with Gasteiger partial charge in [0.1, 0.15) is 0 Å². The van der Waals surface area contributed by atoms with Gasteiger partial charge in [0.05, 0.1) is 13.1 Å². The standard InChI is InChI=1S/C11H18N4S2/c1-2-6-12-10-13-15(11(16)17-10)9-14-7-4-3-5-8-14/h2H,1,3-9H2,(H,12,13)/p+1. The van der Waals surface area contributed by atoms with E-state index in [9.17, 15) is 0 Å². The lowest BCUT2D eigenvalue weighted by Crippen LogP contribution is -3.12. The van der Waals surface area contributed by atoms with Crippen LogP contribution < -0.4 is 10.2 Å². The average Bonchev–Trinajstić information content (AvgIpc) is 2.69. The molecule has 1 aliphatic rings. The van der Waals surface area contributed by atoms with Gasteiger partial charge in [-0.15, -0.1) is 11.7 Å². The highest BCUT2D eigenvalue weighted by molar-refractivity contribution is 7.73. The number of nitrogens with zero attached hydrogens (tertiary/aromatic N) is 2. The molecule has 4 nitrogen and oxygen atoms in total. The summed E-state index contributed by atoms with van der Waals surface area (Å²) in [6, 6.07) is 0. The topological polar surface area (TPSA) is 34.3 Å². The summed E-state index contributed by atoms with van der Waals surface area (Å²) < 4.78 is 2.81. The molecule has 0 atom stereocenters. The van der Waals surface area contributed by atoms with Crippen LogP contribution in [0, 0.1) is 3.95 Å². The molecule has 2 heterocycles. The molecule has 1 saturated heterocycles. The zero-order chi connectivity index (χ0) is 12.1. The van der Waals surface area contributed by atoms with Gasteiger partial charge in [0, 0.05) is 6.54 Å². The maximum Gasteiger partial charge on any atom is 0.205 e. The van der Waals surface area contributed by atoms with Gasteiger partial charge in [-0.2, -0.15) is 4.68 Å². The summed E-state index contributed by atoms with van der Waals surface area (Å²) in [6.45, 7) is 7.81. The van der Waals surface area contributed by atoms with Crippen molar-refractivity contribution in [1.29, 1.82) is 0 Å². The number of aromatic nitrogens is 2. The van der Waals surface area contributed by atoms with Gasteiger partial charge in [-0.05, 0) is 31.5 Å². The summed E-state index contributed by atoms with van der Waals surface area (Å²) in [4.78, 5) is 1.59. The van der Waals surface area contributed by atoms with E-state index >= 15 is 0 Å². The van der Waals surface area contributed by atoms with E-state index in [4.69, 9.17) is 12.2 Å². The Bertz CT molecular complexity index is 417. The fourth-order valence-electron chi connectivity index (χ4n) is 2.06. The van der Waals surface area contributed by atoms with Crippen LogP contribution in [-0.4, -0.2) is 29.4 Å². The first-order chi connectivity index (χ1) is 8.29. The van der Waals surface area contributed by atoms with Gasteiger partial charge in [-0.1, -0.05) is 17.4 Å². The fraction of sp³-hybridized carbons (Fsp3) is 0.636. The second kappa shape index (κ2) is 6.28. The van der Waals surface area contributed by atoms with Crippen molar-refractivity contribution in [2.75, 3.05) is 25.0 Å². The quantitative estimate of drug-likeness (QED) is 0.626. The molecule has 0 radical (unpaired) electrons. The zero-order valence-corrected chi connectivity index (χ0v) is 11.6. The number of hydrogen-bond donors (Lipinski definition) is 2. The molecule has 1 aromatic heterocycles. The van der Waals surface area contributed by atoms with Gasteiger partial charge in [0.2, 0.25) is 5.13 Å². The van der Waals surface area contributed by atoms with E-state index < -0.39 is 0 Å². The Morgan fingerprint density at radius 2 is 2.24 bits per heavy atom. The zero-order valence-electron chi connectivity index (χ0n) is 9.95. The van der Waals surface area contributed by atoms with E-state index in [0.717, 1.165) is 22.3 Å². The molecule has 1 aliphatic heterocycles. The molecule has 0 unspecified atom stereocenters. The predicted molar refractivity (Wildman–Crippen MR) is 74.2 cm³/mol. The minimum atomic E-state index is 0.735. The highest BCUT2D eigenvalue weighted by Gasteiger charge is 2.15. The van der Waals surface area contributed by atoms with Gasteiger partial charge >= 0.3 is 0 Å². The van der Waals surface area contributed by atoms with Crippen LogP contribution in [0.25, 0.3) is 0 Å². The summed E-state index contributed by atoms with van der Waals surface area (Å²) in [7, 11) is 0. The third-order valence-electron chi connectivity index (χ3n) is 2.94. The van der Waals surface area contributed by atoms with Crippen molar-refractivity contribution in [1.82, 2.24) is 9.78 Å². The second-order valence-corrected chi connectivity index (χ2v) is 5.93. The minimum Gasteiger partial charge on any atom is -0.357 e. The van der Waals surface area contributed by atoms with Gasteiger partial charge in [-0.3, -0.25) is 0 Å². The van der Waals surface area contributed by atoms with E-state index in [1.54, 1.807) is 4.90 Å². The van der Waals surface area contributed by atoms with Gasteiger partial charge < -0.3 is 10.2 Å². The van der Waals surface area contributed by atoms with Crippen molar-refractivity contribution in [3.8, 4) is 0 Å². The summed E-state index contributed by atoms with van der Waals surface area (Å²) >= 11 is 6.87. The van der Waals surface area contributed by atoms with Crippen LogP contribution in [0.15, 0.2) is 12.7 Å². The summed E-state index contributed by atoms with van der Waals surface area (Å²) in [5.74, 6) is 0. The first kappa shape index (κ1) is 12.7. The molecule has 0 bridgehead atoms. The molecular weight excluding hydrogens is 252 g/mol. The molecule has 2 rings (SSSR count). The van der Waals surface area contributed by atoms with Crippen LogP contribution in [0.5, 0.6) is 0 Å². The lowest BCUT2D eigenvalue weighted by Gasteiger charge is -2.22. The number of anilines is 1. The summed E-state index contributed by atoms with van der Waals surface area (Å²) in [6.07, 6.45) is 5.85. The summed E-state index contributed by atoms with van der Waals surface area (Å²) in [5, 5.41) is 8.57. The van der Waals surface area contributed by atoms with Crippen molar-refractivity contribution < 1.29 is 4.90 Å². The van der Waals surface area contributed by atoms with Crippen LogP contribution in [-0.2, 0) is 6.67 Å². The average molecular weight is 271 g/mol. The number of likely N-dealkylation sites (tertiary alicyclic amines) is 1. The Morgan fingerprint density at radius 1 is 1.47 bits per heavy atom. The SMILES string of the molecule is C=CCNc1nn(C[NH+]2CCCCC2)c(=S)s1. The molecule has 6 heteroatoms. The smallest absolute Gasteiger partial charge is 0.205 e. The maximum absolute atomic E-state index is 5.33. The molecule has 0 saturated carbocycles. The van der Waals surface area contributed by atoms with Gasteiger partial charge in [0.25, 0.3) is 0 Å². The second-order valence-electron chi connectivity index (χ2n) is 4.31. The molecule has 1 fully saturated rings. The molecular formula is C11H19N4S2+. The van der Waals surface area contributed by atoms with E-state index in [0.29, 0.717) is 0 Å². The minimum absolute atomic E-state index is 0.735. The van der Waals surface area contributed by atoms with Crippen LogP contribution in [0.2, 0.25) is 0 Å². The Labute approximate surface area is 111 Å². The lowest BCUT2D eigenvalue weighted by atomic mass is 10.1. The van der Waals surface area contributed by atoms with Crippen molar-refractivity contribution in [3.63, 3.8) is 0 Å². The van der Waals surface area contributed by atoms with E-state index in [1.165, 1.54) is 43.7 Å². The van der Waals surface area contributed by atoms with Crippen molar-refractivity contribution >= 4 is 28.7 Å². The lowest BCUT2D eigenvalue weighted by molar-refractivity contribution is -0.928. The van der Waals surface area contributed by atoms with Crippen molar-refractivity contribution in [3.05, 3.63) is 16.6 Å². The normalized spacial score (nSPS) is 16.9. The largest absolute Gasteiger partial charge is 0.357 e. The fourth-order valence-corrected chi connectivity index (χ4v) is 3.07. The van der Waals surface area contributed by atoms with Gasteiger partial charge in [0.15, 0.2) is 10.6 Å². The Balaban J connectivity index is 1.97. The first-order valence-corrected chi connectivity index (χ1v) is 7.28. The van der Waals surface area contributed by atoms with Crippen LogP contribution in [0.3, 0.4) is 0 Å². The molecule has 2 N–H and O–H groups in total. The first-order valence-electron chi connectivity index (χ1n) is 6.06. The number of hydrogen-bond acceptors (Lipinski definition) is 4. The molecule has 17 heavy (non-hydrogen) atoms. The van der Waals surface area contributed by atoms with E-state index in [2.05, 4.69) is 17.0 Å². The van der Waals surface area contributed by atoms with E-state index in [1.807, 2.05) is 10.8 Å². The van der Waals surface area contributed by atoms with E-state index in [-0.39, 0.29) is 0 Å². The maximum atomic E-state index is 5.33. The Kier molecular flexibility index (Phi) is 4.70. The molecule has 0 spiro atoms. The molecule has 94 valence electrons. The Hall–Kier alpha value is -0.720. The molecule has 0 aliphatic carbocycles. The predicted octanol–water partition coefficient (Wildman–Crippen LogP) is 1.30. The van der Waals surface area contributed by atoms with Gasteiger partial charge in [-0.25, -0.2) is 0 Å². The molecule has 0 amide bonds. The van der Waals surface area contributed by atoms with Crippen LogP contribution >= 0.6 is 23.6 Å². The van der Waals surface area contributed by atoms with Crippen molar-refractivity contribution in [2.24, 2.45) is 0 Å². The molecule has 0 aromatic carbocycles. The third-order valence-corrected chi connectivity index (χ3v) is 4.20. The van der Waals surface area contributed by atoms with Crippen molar-refractivity contribution in [2.45, 2.75) is 25.9 Å².